The average Bonchev–Trinajstić information content (AvgIpc) is 2.37. The van der Waals surface area contributed by atoms with Crippen molar-refractivity contribution in [1.29, 1.82) is 0 Å². The van der Waals surface area contributed by atoms with Crippen molar-refractivity contribution in [2.75, 3.05) is 18.5 Å². The molecule has 0 saturated heterocycles. The molecule has 0 aliphatic carbocycles. The number of halogens is 1. The first-order valence-electron chi connectivity index (χ1n) is 5.65. The van der Waals surface area contributed by atoms with E-state index in [0.29, 0.717) is 10.7 Å². The second kappa shape index (κ2) is 7.73. The number of benzene rings is 1. The lowest BCUT2D eigenvalue weighted by Crippen LogP contribution is -2.41. The molecule has 19 heavy (non-hydrogen) atoms. The third-order valence-electron chi connectivity index (χ3n) is 2.32. The van der Waals surface area contributed by atoms with E-state index in [1.165, 1.54) is 0 Å². The summed E-state index contributed by atoms with van der Waals surface area (Å²) in [6.07, 6.45) is -0.224. The molecule has 0 heterocycles. The van der Waals surface area contributed by atoms with Crippen LogP contribution in [0.5, 0.6) is 0 Å². The predicted molar refractivity (Wildman–Crippen MR) is 71.2 cm³/mol. The molecule has 0 spiro atoms. The molecule has 1 atom stereocenters. The van der Waals surface area contributed by atoms with Gasteiger partial charge in [-0.2, -0.15) is 0 Å². The van der Waals surface area contributed by atoms with E-state index in [2.05, 4.69) is 10.6 Å². The van der Waals surface area contributed by atoms with Crippen molar-refractivity contribution >= 4 is 29.2 Å². The van der Waals surface area contributed by atoms with Crippen LogP contribution in [0.3, 0.4) is 0 Å². The third-order valence-corrected chi connectivity index (χ3v) is 2.57. The zero-order valence-electron chi connectivity index (χ0n) is 10.1. The smallest absolute Gasteiger partial charge is 0.321 e. The van der Waals surface area contributed by atoms with Crippen LogP contribution >= 0.6 is 11.6 Å². The Morgan fingerprint density at radius 2 is 1.89 bits per heavy atom. The highest BCUT2D eigenvalue weighted by Gasteiger charge is 2.20. The first kappa shape index (κ1) is 15.4. The van der Waals surface area contributed by atoms with Crippen LogP contribution in [0.15, 0.2) is 24.3 Å². The molecule has 0 aliphatic rings. The molecule has 6 nitrogen and oxygen atoms in total. The van der Waals surface area contributed by atoms with Crippen LogP contribution in [0.25, 0.3) is 0 Å². The Morgan fingerprint density at radius 1 is 1.26 bits per heavy atom. The number of aliphatic hydroxyl groups is 1. The molecular weight excluding hydrogens is 272 g/mol. The van der Waals surface area contributed by atoms with Crippen molar-refractivity contribution in [1.82, 2.24) is 5.32 Å². The number of hydrogen-bond donors (Lipinski definition) is 4. The highest BCUT2D eigenvalue weighted by molar-refractivity contribution is 6.30. The second-order valence-corrected chi connectivity index (χ2v) is 4.26. The molecule has 0 fully saturated rings. The maximum absolute atomic E-state index is 11.7. The number of carboxylic acid groups (broad SMARTS) is 1. The Morgan fingerprint density at radius 3 is 2.42 bits per heavy atom. The van der Waals surface area contributed by atoms with Gasteiger partial charge in [-0.25, -0.2) is 0 Å². The van der Waals surface area contributed by atoms with Crippen LogP contribution in [0.1, 0.15) is 6.42 Å². The number of carbonyl (C=O) groups excluding carboxylic acids is 1. The Kier molecular flexibility index (Phi) is 6.27. The van der Waals surface area contributed by atoms with Crippen LogP contribution in [0, 0.1) is 0 Å². The summed E-state index contributed by atoms with van der Waals surface area (Å²) in [6.45, 7) is -0.0756. The molecule has 1 aromatic carbocycles. The topological polar surface area (TPSA) is 98.7 Å². The van der Waals surface area contributed by atoms with Gasteiger partial charge in [0.25, 0.3) is 0 Å². The zero-order valence-corrected chi connectivity index (χ0v) is 10.9. The first-order chi connectivity index (χ1) is 9.02. The normalized spacial score (nSPS) is 11.9. The van der Waals surface area contributed by atoms with Gasteiger partial charge in [-0.3, -0.25) is 9.59 Å². The summed E-state index contributed by atoms with van der Waals surface area (Å²) < 4.78 is 0. The minimum atomic E-state index is -1.14. The van der Waals surface area contributed by atoms with Gasteiger partial charge in [0, 0.05) is 17.3 Å². The summed E-state index contributed by atoms with van der Waals surface area (Å²) in [6, 6.07) is 5.46. The van der Waals surface area contributed by atoms with Crippen LogP contribution in [-0.4, -0.2) is 41.3 Å². The summed E-state index contributed by atoms with van der Waals surface area (Å²) in [5, 5.41) is 23.2. The molecule has 7 heteroatoms. The molecule has 4 N–H and O–H groups in total. The SMILES string of the molecule is O=C(CC(NCCO)C(=O)O)Nc1ccc(Cl)cc1. The number of nitrogens with one attached hydrogen (secondary N) is 2. The van der Waals surface area contributed by atoms with E-state index in [0.717, 1.165) is 0 Å². The zero-order chi connectivity index (χ0) is 14.3. The summed E-state index contributed by atoms with van der Waals surface area (Å²) in [5.74, 6) is -1.57. The quantitative estimate of drug-likeness (QED) is 0.591. The minimum absolute atomic E-state index is 0.116. The van der Waals surface area contributed by atoms with Crippen molar-refractivity contribution in [3.05, 3.63) is 29.3 Å². The molecule has 1 rings (SSSR count). The van der Waals surface area contributed by atoms with Gasteiger partial charge in [0.15, 0.2) is 0 Å². The van der Waals surface area contributed by atoms with Crippen LogP contribution in [-0.2, 0) is 9.59 Å². The molecule has 1 amide bonds. The molecule has 0 aromatic heterocycles. The fraction of sp³-hybridized carbons (Fsp3) is 0.333. The summed E-state index contributed by atoms with van der Waals surface area (Å²) in [5.41, 5.74) is 0.542. The van der Waals surface area contributed by atoms with E-state index in [9.17, 15) is 9.59 Å². The lowest BCUT2D eigenvalue weighted by molar-refractivity contribution is -0.141. The summed E-state index contributed by atoms with van der Waals surface area (Å²) in [4.78, 5) is 22.6. The predicted octanol–water partition coefficient (Wildman–Crippen LogP) is 0.704. The number of aliphatic carboxylic acids is 1. The third kappa shape index (κ3) is 5.69. The standard InChI is InChI=1S/C12H15ClN2O4/c13-8-1-3-9(4-2-8)15-11(17)7-10(12(18)19)14-5-6-16/h1-4,10,14,16H,5-7H2,(H,15,17)(H,18,19). The van der Waals surface area contributed by atoms with Crippen molar-refractivity contribution in [3.63, 3.8) is 0 Å². The molecular formula is C12H15ClN2O4. The lowest BCUT2D eigenvalue weighted by atomic mass is 10.2. The largest absolute Gasteiger partial charge is 0.480 e. The van der Waals surface area contributed by atoms with Gasteiger partial charge in [0.1, 0.15) is 6.04 Å². The number of hydrogen-bond acceptors (Lipinski definition) is 4. The fourth-order valence-electron chi connectivity index (χ4n) is 1.42. The van der Waals surface area contributed by atoms with Gasteiger partial charge in [0.05, 0.1) is 13.0 Å². The van der Waals surface area contributed by atoms with Crippen LogP contribution < -0.4 is 10.6 Å². The summed E-state index contributed by atoms with van der Waals surface area (Å²) >= 11 is 5.71. The van der Waals surface area contributed by atoms with Crippen molar-refractivity contribution in [2.24, 2.45) is 0 Å². The van der Waals surface area contributed by atoms with E-state index in [1.807, 2.05) is 0 Å². The molecule has 1 unspecified atom stereocenters. The van der Waals surface area contributed by atoms with Gasteiger partial charge in [0.2, 0.25) is 5.91 Å². The number of anilines is 1. The Balaban J connectivity index is 2.52. The molecule has 0 aliphatic heterocycles. The van der Waals surface area contributed by atoms with Gasteiger partial charge in [-0.05, 0) is 24.3 Å². The Bertz CT molecular complexity index is 436. The van der Waals surface area contributed by atoms with E-state index < -0.39 is 17.9 Å². The second-order valence-electron chi connectivity index (χ2n) is 3.83. The molecule has 104 valence electrons. The van der Waals surface area contributed by atoms with Crippen molar-refractivity contribution < 1.29 is 19.8 Å². The average molecular weight is 287 g/mol. The van der Waals surface area contributed by atoms with Crippen molar-refractivity contribution in [2.45, 2.75) is 12.5 Å². The maximum Gasteiger partial charge on any atom is 0.321 e. The van der Waals surface area contributed by atoms with Crippen molar-refractivity contribution in [3.8, 4) is 0 Å². The Labute approximate surface area is 115 Å². The van der Waals surface area contributed by atoms with Crippen LogP contribution in [0.2, 0.25) is 5.02 Å². The molecule has 1 aromatic rings. The first-order valence-corrected chi connectivity index (χ1v) is 6.03. The van der Waals surface area contributed by atoms with E-state index in [1.54, 1.807) is 24.3 Å². The summed E-state index contributed by atoms with van der Waals surface area (Å²) in [7, 11) is 0. The highest BCUT2D eigenvalue weighted by atomic mass is 35.5. The Hall–Kier alpha value is -1.63. The van der Waals surface area contributed by atoms with E-state index in [4.69, 9.17) is 21.8 Å². The van der Waals surface area contributed by atoms with E-state index >= 15 is 0 Å². The molecule has 0 radical (unpaired) electrons. The number of carboxylic acids is 1. The number of aliphatic hydroxyl groups excluding tert-OH is 1. The highest BCUT2D eigenvalue weighted by Crippen LogP contribution is 2.13. The fourth-order valence-corrected chi connectivity index (χ4v) is 1.54. The van der Waals surface area contributed by atoms with Gasteiger partial charge in [-0.1, -0.05) is 11.6 Å². The number of carbonyl (C=O) groups is 2. The maximum atomic E-state index is 11.7. The molecule has 0 bridgehead atoms. The minimum Gasteiger partial charge on any atom is -0.480 e. The lowest BCUT2D eigenvalue weighted by Gasteiger charge is -2.13. The number of amides is 1. The monoisotopic (exact) mass is 286 g/mol. The van der Waals surface area contributed by atoms with Gasteiger partial charge in [-0.15, -0.1) is 0 Å². The van der Waals surface area contributed by atoms with Gasteiger partial charge < -0.3 is 20.8 Å². The molecule has 0 saturated carbocycles. The van der Waals surface area contributed by atoms with E-state index in [-0.39, 0.29) is 19.6 Å². The van der Waals surface area contributed by atoms with Crippen LogP contribution in [0.4, 0.5) is 5.69 Å². The number of rotatable bonds is 7. The van der Waals surface area contributed by atoms with Gasteiger partial charge >= 0.3 is 5.97 Å².